The average Bonchev–Trinajstić information content (AvgIpc) is 2.88. The number of hydrogen-bond donors (Lipinski definition) is 1. The Morgan fingerprint density at radius 1 is 1.00 bits per heavy atom. The molecular weight excluding hydrogens is 362 g/mol. The van der Waals surface area contributed by atoms with Crippen LogP contribution in [0, 0.1) is 0 Å². The van der Waals surface area contributed by atoms with E-state index in [1.807, 2.05) is 47.1 Å². The van der Waals surface area contributed by atoms with Gasteiger partial charge in [0, 0.05) is 12.1 Å². The zero-order chi connectivity index (χ0) is 18.8. The summed E-state index contributed by atoms with van der Waals surface area (Å²) >= 11 is 6.48. The van der Waals surface area contributed by atoms with Crippen molar-refractivity contribution in [3.63, 3.8) is 0 Å². The maximum absolute atomic E-state index is 6.48. The van der Waals surface area contributed by atoms with Crippen molar-refractivity contribution >= 4 is 17.4 Å². The number of hydrogen-bond acceptors (Lipinski definition) is 4. The first kappa shape index (κ1) is 17.7. The van der Waals surface area contributed by atoms with Crippen LogP contribution >= 0.6 is 11.6 Å². The Labute approximate surface area is 163 Å². The molecule has 140 valence electrons. The molecule has 0 aliphatic carbocycles. The van der Waals surface area contributed by atoms with E-state index in [1.165, 1.54) is 0 Å². The largest absolute Gasteiger partial charge is 0.496 e. The number of aromatic nitrogens is 2. The van der Waals surface area contributed by atoms with Crippen LogP contribution in [0.5, 0.6) is 11.5 Å². The third-order valence-corrected chi connectivity index (χ3v) is 5.19. The molecule has 0 radical (unpaired) electrons. The van der Waals surface area contributed by atoms with Gasteiger partial charge in [0.2, 0.25) is 0 Å². The fraction of sp³-hybridized carbons (Fsp3) is 0.286. The summed E-state index contributed by atoms with van der Waals surface area (Å²) in [5.41, 5.74) is 3.75. The molecule has 4 rings (SSSR count). The fourth-order valence-electron chi connectivity index (χ4n) is 3.59. The highest BCUT2D eigenvalue weighted by molar-refractivity contribution is 6.32. The number of ether oxygens (including phenoxy) is 2. The lowest BCUT2D eigenvalue weighted by Gasteiger charge is -2.12. The minimum absolute atomic E-state index is 0.660. The second-order valence-corrected chi connectivity index (χ2v) is 6.87. The average molecular weight is 384 g/mol. The lowest BCUT2D eigenvalue weighted by molar-refractivity contribution is 0.397. The van der Waals surface area contributed by atoms with Crippen LogP contribution in [0.3, 0.4) is 0 Å². The van der Waals surface area contributed by atoms with Crippen molar-refractivity contribution < 1.29 is 9.47 Å². The van der Waals surface area contributed by atoms with Crippen LogP contribution in [0.25, 0.3) is 16.9 Å². The van der Waals surface area contributed by atoms with Crippen LogP contribution in [-0.4, -0.2) is 30.5 Å². The Balaban J connectivity index is 2.00. The third-order valence-electron chi connectivity index (χ3n) is 4.87. The first-order chi connectivity index (χ1) is 13.2. The molecule has 2 aromatic carbocycles. The van der Waals surface area contributed by atoms with E-state index in [9.17, 15) is 0 Å². The first-order valence-corrected chi connectivity index (χ1v) is 9.44. The number of methoxy groups -OCH3 is 2. The van der Waals surface area contributed by atoms with Gasteiger partial charge in [-0.25, -0.2) is 4.68 Å². The van der Waals surface area contributed by atoms with E-state index >= 15 is 0 Å². The van der Waals surface area contributed by atoms with Gasteiger partial charge in [-0.05, 0) is 43.5 Å². The monoisotopic (exact) mass is 383 g/mol. The number of fused-ring (bicyclic) bond motifs is 1. The second-order valence-electron chi connectivity index (χ2n) is 6.46. The zero-order valence-corrected chi connectivity index (χ0v) is 16.2. The Kier molecular flexibility index (Phi) is 4.94. The number of nitrogens with one attached hydrogen (secondary N) is 1. The Bertz CT molecular complexity index is 946. The van der Waals surface area contributed by atoms with Gasteiger partial charge in [0.25, 0.3) is 0 Å². The molecule has 0 fully saturated rings. The minimum atomic E-state index is 0.660. The van der Waals surface area contributed by atoms with Crippen molar-refractivity contribution in [3.8, 4) is 28.4 Å². The predicted octanol–water partition coefficient (Wildman–Crippen LogP) is 4.96. The van der Waals surface area contributed by atoms with Gasteiger partial charge in [-0.3, -0.25) is 0 Å². The molecule has 0 bridgehead atoms. The number of rotatable bonds is 4. The maximum atomic E-state index is 6.48. The van der Waals surface area contributed by atoms with Gasteiger partial charge in [-0.2, -0.15) is 5.10 Å². The van der Waals surface area contributed by atoms with Crippen LogP contribution in [0.15, 0.2) is 42.5 Å². The van der Waals surface area contributed by atoms with Crippen LogP contribution in [0.4, 0.5) is 5.82 Å². The summed E-state index contributed by atoms with van der Waals surface area (Å²) in [5.74, 6) is 2.47. The van der Waals surface area contributed by atoms with Crippen molar-refractivity contribution in [1.29, 1.82) is 0 Å². The van der Waals surface area contributed by atoms with E-state index < -0.39 is 0 Å². The standard InChI is InChI=1S/C21H22ClN3O2/c1-26-17-11-7-12-18(27-2)19(17)20-14-8-5-6-13-23-21(14)25(24-20)16-10-4-3-9-15(16)22/h3-4,7,9-12,23H,5-6,8,13H2,1-2H3. The van der Waals surface area contributed by atoms with E-state index in [0.717, 1.165) is 65.6 Å². The van der Waals surface area contributed by atoms with Gasteiger partial charge in [0.1, 0.15) is 23.0 Å². The third kappa shape index (κ3) is 3.12. The summed E-state index contributed by atoms with van der Waals surface area (Å²) < 4.78 is 13.2. The van der Waals surface area contributed by atoms with Crippen LogP contribution in [-0.2, 0) is 6.42 Å². The highest BCUT2D eigenvalue weighted by Gasteiger charge is 2.26. The zero-order valence-electron chi connectivity index (χ0n) is 15.5. The summed E-state index contributed by atoms with van der Waals surface area (Å²) in [6.07, 6.45) is 3.14. The van der Waals surface area contributed by atoms with Crippen LogP contribution in [0.1, 0.15) is 18.4 Å². The van der Waals surface area contributed by atoms with Crippen molar-refractivity contribution in [2.45, 2.75) is 19.3 Å². The minimum Gasteiger partial charge on any atom is -0.496 e. The molecule has 1 aliphatic rings. The van der Waals surface area contributed by atoms with Gasteiger partial charge >= 0.3 is 0 Å². The number of anilines is 1. The van der Waals surface area contributed by atoms with Crippen molar-refractivity contribution in [3.05, 3.63) is 53.1 Å². The number of nitrogens with zero attached hydrogens (tertiary/aromatic N) is 2. The smallest absolute Gasteiger partial charge is 0.133 e. The maximum Gasteiger partial charge on any atom is 0.133 e. The Hall–Kier alpha value is -2.66. The first-order valence-electron chi connectivity index (χ1n) is 9.06. The summed E-state index contributed by atoms with van der Waals surface area (Å²) in [6, 6.07) is 13.5. The van der Waals surface area contributed by atoms with Gasteiger partial charge in [0.15, 0.2) is 0 Å². The predicted molar refractivity (Wildman–Crippen MR) is 109 cm³/mol. The molecule has 0 saturated carbocycles. The summed E-state index contributed by atoms with van der Waals surface area (Å²) in [7, 11) is 3.33. The Morgan fingerprint density at radius 3 is 2.44 bits per heavy atom. The molecule has 6 heteroatoms. The van der Waals surface area contributed by atoms with Crippen molar-refractivity contribution in [1.82, 2.24) is 9.78 Å². The number of benzene rings is 2. The molecule has 0 saturated heterocycles. The molecule has 3 aromatic rings. The van der Waals surface area contributed by atoms with Crippen molar-refractivity contribution in [2.75, 3.05) is 26.1 Å². The molecule has 0 spiro atoms. The summed E-state index contributed by atoms with van der Waals surface area (Å²) in [6.45, 7) is 0.908. The lowest BCUT2D eigenvalue weighted by Crippen LogP contribution is -2.07. The summed E-state index contributed by atoms with van der Waals surface area (Å²) in [4.78, 5) is 0. The lowest BCUT2D eigenvalue weighted by atomic mass is 10.0. The second kappa shape index (κ2) is 7.53. The van der Waals surface area contributed by atoms with Gasteiger partial charge in [-0.1, -0.05) is 29.8 Å². The normalized spacial score (nSPS) is 13.4. The van der Waals surface area contributed by atoms with E-state index in [1.54, 1.807) is 14.2 Å². The number of halogens is 1. The van der Waals surface area contributed by atoms with Gasteiger partial charge < -0.3 is 14.8 Å². The van der Waals surface area contributed by atoms with Crippen molar-refractivity contribution in [2.24, 2.45) is 0 Å². The van der Waals surface area contributed by atoms with E-state index in [-0.39, 0.29) is 0 Å². The Morgan fingerprint density at radius 2 is 1.74 bits per heavy atom. The molecule has 2 heterocycles. The summed E-state index contributed by atoms with van der Waals surface area (Å²) in [5, 5.41) is 9.17. The number of para-hydroxylation sites is 1. The van der Waals surface area contributed by atoms with Crippen LogP contribution in [0.2, 0.25) is 5.02 Å². The van der Waals surface area contributed by atoms with Crippen LogP contribution < -0.4 is 14.8 Å². The quantitative estimate of drug-likeness (QED) is 0.691. The molecule has 1 N–H and O–H groups in total. The SMILES string of the molecule is COc1cccc(OC)c1-c1nn(-c2ccccc2Cl)c2c1CCCCN2. The van der Waals surface area contributed by atoms with E-state index in [4.69, 9.17) is 26.2 Å². The van der Waals surface area contributed by atoms with Gasteiger partial charge in [-0.15, -0.1) is 0 Å². The molecule has 5 nitrogen and oxygen atoms in total. The molecule has 0 amide bonds. The fourth-order valence-corrected chi connectivity index (χ4v) is 3.80. The molecular formula is C21H22ClN3O2. The highest BCUT2D eigenvalue weighted by atomic mass is 35.5. The molecule has 0 atom stereocenters. The molecule has 1 aliphatic heterocycles. The van der Waals surface area contributed by atoms with E-state index in [2.05, 4.69) is 5.32 Å². The molecule has 27 heavy (non-hydrogen) atoms. The molecule has 1 aromatic heterocycles. The van der Waals surface area contributed by atoms with Gasteiger partial charge in [0.05, 0.1) is 30.5 Å². The molecule has 0 unspecified atom stereocenters. The topological polar surface area (TPSA) is 48.3 Å². The highest BCUT2D eigenvalue weighted by Crippen LogP contribution is 2.43. The van der Waals surface area contributed by atoms with E-state index in [0.29, 0.717) is 5.02 Å².